The first-order valence-electron chi connectivity index (χ1n) is 13.3. The Kier molecular flexibility index (Phi) is 7.27. The van der Waals surface area contributed by atoms with E-state index in [1.165, 1.54) is 39.8 Å². The van der Waals surface area contributed by atoms with E-state index < -0.39 is 82.5 Å². The van der Waals surface area contributed by atoms with E-state index in [0.29, 0.717) is 12.0 Å². The van der Waals surface area contributed by atoms with Crippen molar-refractivity contribution in [3.8, 4) is 0 Å². The van der Waals surface area contributed by atoms with Gasteiger partial charge in [0, 0.05) is 38.0 Å². The number of rotatable bonds is 5. The summed E-state index contributed by atoms with van der Waals surface area (Å²) in [5, 5.41) is 23.4. The highest BCUT2D eigenvalue weighted by Gasteiger charge is 2.87. The standard InChI is InChI=1S/C28H38O11/c1-8-9-21(32)37-18-10-11-25(5)19(35-15(3)29)13-17(31)14(2)12-20-28(27(7,39-28)24(33)38-20)23(36-16(4)30)22(25)26(18,6)34/h10-12,17-20,22-23,31,34H,8-9,13H2,1-7H3/b14-12-/t17-,18+,19+,20+,22-,23+,25-,26+,27+,28+/m1/s1. The molecule has 0 unspecified atom stereocenters. The van der Waals surface area contributed by atoms with Crippen molar-refractivity contribution in [1.29, 1.82) is 0 Å². The molecule has 2 aliphatic heterocycles. The molecule has 10 atom stereocenters. The van der Waals surface area contributed by atoms with Crippen LogP contribution in [-0.2, 0) is 42.9 Å². The largest absolute Gasteiger partial charge is 0.462 e. The third-order valence-corrected chi connectivity index (χ3v) is 8.74. The molecule has 4 aliphatic rings. The van der Waals surface area contributed by atoms with Crippen molar-refractivity contribution < 1.29 is 53.1 Å². The van der Waals surface area contributed by atoms with Gasteiger partial charge in [-0.15, -0.1) is 0 Å². The smallest absolute Gasteiger partial charge is 0.342 e. The predicted molar refractivity (Wildman–Crippen MR) is 134 cm³/mol. The molecule has 2 saturated heterocycles. The quantitative estimate of drug-likeness (QED) is 0.222. The molecule has 0 aromatic carbocycles. The number of ether oxygens (including phenoxy) is 5. The van der Waals surface area contributed by atoms with Gasteiger partial charge in [-0.25, -0.2) is 4.79 Å². The van der Waals surface area contributed by atoms with Crippen molar-refractivity contribution in [2.75, 3.05) is 0 Å². The van der Waals surface area contributed by atoms with Crippen molar-refractivity contribution in [1.82, 2.24) is 0 Å². The molecule has 39 heavy (non-hydrogen) atoms. The molecular formula is C28H38O11. The maximum absolute atomic E-state index is 13.0. The maximum Gasteiger partial charge on any atom is 0.342 e. The number of hydrogen-bond acceptors (Lipinski definition) is 11. The molecule has 2 aliphatic carbocycles. The summed E-state index contributed by atoms with van der Waals surface area (Å²) in [6, 6.07) is 0. The highest BCUT2D eigenvalue weighted by Crippen LogP contribution is 2.65. The number of carbonyl (C=O) groups is 4. The molecule has 2 N–H and O–H groups in total. The van der Waals surface area contributed by atoms with Gasteiger partial charge in [-0.2, -0.15) is 0 Å². The minimum absolute atomic E-state index is 0.0752. The minimum Gasteiger partial charge on any atom is -0.462 e. The van der Waals surface area contributed by atoms with Crippen LogP contribution >= 0.6 is 0 Å². The molecule has 0 aromatic heterocycles. The molecule has 0 aromatic rings. The summed E-state index contributed by atoms with van der Waals surface area (Å²) in [7, 11) is 0. The van der Waals surface area contributed by atoms with Crippen molar-refractivity contribution in [2.24, 2.45) is 11.3 Å². The van der Waals surface area contributed by atoms with Gasteiger partial charge in [-0.05, 0) is 44.9 Å². The fourth-order valence-corrected chi connectivity index (χ4v) is 6.66. The fraction of sp³-hybridized carbons (Fsp3) is 0.714. The first-order valence-corrected chi connectivity index (χ1v) is 13.3. The number of epoxide rings is 1. The molecule has 2 heterocycles. The summed E-state index contributed by atoms with van der Waals surface area (Å²) < 4.78 is 29.1. The van der Waals surface area contributed by atoms with Crippen LogP contribution < -0.4 is 0 Å². The van der Waals surface area contributed by atoms with E-state index in [1.807, 2.05) is 6.92 Å². The van der Waals surface area contributed by atoms with Gasteiger partial charge in [0.15, 0.2) is 17.3 Å². The van der Waals surface area contributed by atoms with E-state index >= 15 is 0 Å². The minimum atomic E-state index is -1.92. The van der Waals surface area contributed by atoms with Gasteiger partial charge in [0.1, 0.15) is 23.9 Å². The second-order valence-electron chi connectivity index (χ2n) is 11.6. The van der Waals surface area contributed by atoms with E-state index in [4.69, 9.17) is 23.7 Å². The number of hydrogen-bond donors (Lipinski definition) is 2. The van der Waals surface area contributed by atoms with Crippen LogP contribution in [0.2, 0.25) is 0 Å². The molecular weight excluding hydrogens is 512 g/mol. The Morgan fingerprint density at radius 1 is 1.10 bits per heavy atom. The third kappa shape index (κ3) is 4.48. The second kappa shape index (κ2) is 9.71. The number of fused-ring (bicyclic) bond motifs is 1. The summed E-state index contributed by atoms with van der Waals surface area (Å²) in [5.74, 6) is -3.71. The molecule has 0 radical (unpaired) electrons. The molecule has 0 amide bonds. The van der Waals surface area contributed by atoms with Crippen molar-refractivity contribution >= 4 is 23.9 Å². The number of aliphatic hydroxyl groups is 2. The van der Waals surface area contributed by atoms with Crippen LogP contribution in [0.25, 0.3) is 0 Å². The van der Waals surface area contributed by atoms with Gasteiger partial charge in [0.2, 0.25) is 0 Å². The Morgan fingerprint density at radius 3 is 2.31 bits per heavy atom. The highest BCUT2D eigenvalue weighted by atomic mass is 16.7. The lowest BCUT2D eigenvalue weighted by atomic mass is 9.55. The summed E-state index contributed by atoms with van der Waals surface area (Å²) in [5.41, 5.74) is -5.90. The van der Waals surface area contributed by atoms with Gasteiger partial charge in [-0.1, -0.05) is 19.9 Å². The van der Waals surface area contributed by atoms with E-state index in [-0.39, 0.29) is 12.8 Å². The van der Waals surface area contributed by atoms with Gasteiger partial charge >= 0.3 is 23.9 Å². The van der Waals surface area contributed by atoms with Crippen molar-refractivity contribution in [2.45, 2.75) is 115 Å². The Balaban J connectivity index is 1.98. The normalized spacial score (nSPS) is 45.9. The van der Waals surface area contributed by atoms with Crippen LogP contribution in [0.15, 0.2) is 23.8 Å². The molecule has 11 nitrogen and oxygen atoms in total. The number of esters is 4. The van der Waals surface area contributed by atoms with Crippen LogP contribution in [-0.4, -0.2) is 81.4 Å². The predicted octanol–water partition coefficient (Wildman–Crippen LogP) is 1.67. The SMILES string of the molecule is CCCC(=O)O[C@H]1C=C[C@]2(C)[C@@H](OC(C)=O)C[C@@H](O)/C(C)=C\[C@@H]3OC(=O)[C@]4(C)O[C@]34[C@@H](OC(C)=O)[C@H]2[C@@]1(C)O. The Hall–Kier alpha value is -2.76. The van der Waals surface area contributed by atoms with Crippen molar-refractivity contribution in [3.63, 3.8) is 0 Å². The molecule has 1 spiro atoms. The lowest BCUT2D eigenvalue weighted by Gasteiger charge is -2.55. The van der Waals surface area contributed by atoms with Crippen LogP contribution in [0.4, 0.5) is 0 Å². The number of aliphatic hydroxyl groups excluding tert-OH is 1. The van der Waals surface area contributed by atoms with E-state index in [0.717, 1.165) is 0 Å². The molecule has 0 bridgehead atoms. The fourth-order valence-electron chi connectivity index (χ4n) is 6.66. The van der Waals surface area contributed by atoms with E-state index in [9.17, 15) is 29.4 Å². The van der Waals surface area contributed by atoms with Gasteiger partial charge < -0.3 is 33.9 Å². The molecule has 2 fully saturated rings. The van der Waals surface area contributed by atoms with Crippen LogP contribution in [0.1, 0.15) is 67.7 Å². The number of carbonyl (C=O) groups excluding carboxylic acids is 4. The van der Waals surface area contributed by atoms with Gasteiger partial charge in [0.25, 0.3) is 0 Å². The summed E-state index contributed by atoms with van der Waals surface area (Å²) >= 11 is 0. The van der Waals surface area contributed by atoms with Gasteiger partial charge in [0.05, 0.1) is 6.10 Å². The monoisotopic (exact) mass is 550 g/mol. The van der Waals surface area contributed by atoms with Crippen molar-refractivity contribution in [3.05, 3.63) is 23.8 Å². The van der Waals surface area contributed by atoms with Crippen LogP contribution in [0.5, 0.6) is 0 Å². The van der Waals surface area contributed by atoms with Gasteiger partial charge in [-0.3, -0.25) is 14.4 Å². The van der Waals surface area contributed by atoms with E-state index in [2.05, 4.69) is 0 Å². The first-order chi connectivity index (χ1) is 18.0. The summed E-state index contributed by atoms with van der Waals surface area (Å²) in [6.07, 6.45) is -0.415. The highest BCUT2D eigenvalue weighted by molar-refractivity contribution is 5.89. The zero-order valence-corrected chi connectivity index (χ0v) is 23.4. The molecule has 4 rings (SSSR count). The lowest BCUT2D eigenvalue weighted by molar-refractivity contribution is -0.220. The Labute approximate surface area is 227 Å². The lowest BCUT2D eigenvalue weighted by Crippen LogP contribution is -2.67. The van der Waals surface area contributed by atoms with Crippen LogP contribution in [0.3, 0.4) is 0 Å². The molecule has 11 heteroatoms. The molecule has 0 saturated carbocycles. The zero-order valence-electron chi connectivity index (χ0n) is 23.4. The summed E-state index contributed by atoms with van der Waals surface area (Å²) in [6.45, 7) is 10.5. The third-order valence-electron chi connectivity index (χ3n) is 8.74. The second-order valence-corrected chi connectivity index (χ2v) is 11.6. The first kappa shape index (κ1) is 29.2. The zero-order chi connectivity index (χ0) is 29.1. The topological polar surface area (TPSA) is 158 Å². The summed E-state index contributed by atoms with van der Waals surface area (Å²) in [4.78, 5) is 50.4. The van der Waals surface area contributed by atoms with Crippen LogP contribution in [0, 0.1) is 11.3 Å². The average Bonchev–Trinajstić information content (AvgIpc) is 3.40. The Morgan fingerprint density at radius 2 is 1.74 bits per heavy atom. The molecule has 216 valence electrons. The van der Waals surface area contributed by atoms with E-state index in [1.54, 1.807) is 19.9 Å². The average molecular weight is 551 g/mol. The Bertz CT molecular complexity index is 1120. The maximum atomic E-state index is 13.0.